The zero-order valence-electron chi connectivity index (χ0n) is 37.2. The highest BCUT2D eigenvalue weighted by Gasteiger charge is 2.52. The number of allylic oxidation sites excluding steroid dienone is 3. The van der Waals surface area contributed by atoms with Gasteiger partial charge in [0.25, 0.3) is 0 Å². The van der Waals surface area contributed by atoms with Crippen LogP contribution in [0.1, 0.15) is 64.4 Å². The Hall–Kier alpha value is -4.79. The number of pyridine rings is 1. The molecule has 3 aliphatic rings. The lowest BCUT2D eigenvalue weighted by atomic mass is 9.72. The number of aromatic amines is 1. The van der Waals surface area contributed by atoms with Crippen LogP contribution in [0, 0.1) is 29.1 Å². The number of methoxy groups -OCH3 is 2. The molecule has 3 aromatic rings. The fourth-order valence-corrected chi connectivity index (χ4v) is 8.86. The summed E-state index contributed by atoms with van der Waals surface area (Å²) >= 11 is 5.49. The Kier molecular flexibility index (Phi) is 16.3. The summed E-state index contributed by atoms with van der Waals surface area (Å²) < 4.78 is 37.5. The number of ketones is 2. The van der Waals surface area contributed by atoms with Gasteiger partial charge in [-0.2, -0.15) is 0 Å². The van der Waals surface area contributed by atoms with Crippen molar-refractivity contribution in [1.29, 1.82) is 0 Å². The number of Topliss-reactive ketones (excluding diaryl/α,β-unsaturated/α-hetero) is 2. The average molecular weight is 917 g/mol. The molecule has 2 fully saturated rings. The number of aromatic hydroxyl groups is 1. The predicted octanol–water partition coefficient (Wildman–Crippen LogP) is 4.81. The van der Waals surface area contributed by atoms with Crippen molar-refractivity contribution >= 4 is 60.1 Å². The molecule has 1 aliphatic carbocycles. The molecule has 6 rings (SSSR count). The molecule has 342 valence electrons. The van der Waals surface area contributed by atoms with E-state index >= 15 is 4.79 Å². The van der Waals surface area contributed by atoms with Crippen molar-refractivity contribution in [2.45, 2.75) is 109 Å². The average Bonchev–Trinajstić information content (AvgIpc) is 3.63. The van der Waals surface area contributed by atoms with Crippen molar-refractivity contribution in [1.82, 2.24) is 20.6 Å². The van der Waals surface area contributed by atoms with Gasteiger partial charge in [0, 0.05) is 59.8 Å². The number of carbonyl (C=O) groups is 3. The van der Waals surface area contributed by atoms with Crippen LogP contribution in [0.25, 0.3) is 21.8 Å². The Morgan fingerprint density at radius 2 is 1.94 bits per heavy atom. The first-order chi connectivity index (χ1) is 30.6. The largest absolute Gasteiger partial charge is 0.508 e. The number of nitrogens with zero attached hydrogens (tertiary/aromatic N) is 1. The topological polar surface area (TPSA) is 200 Å². The molecule has 10 atom stereocenters. The number of aliphatic hydroxyl groups is 1. The molecule has 64 heavy (non-hydrogen) atoms. The predicted molar refractivity (Wildman–Crippen MR) is 246 cm³/mol. The standard InChI is InChI=1S/C47H56N4O11S2/c1-9-10-11-12-13-14-36(40-30(18-20-64(8)63)34(53)22-35(54)42(40)51-46(56)58-7)62-45-38(61-39-23-37(57-6)33(25-59-39)49-26(2)3)24-47(5,27(4)60-45)44(55)43-41-29(17-19-48-43)31-21-28(52)15-16-32(31)50-41/h11-12,15-19,21,26-27,33-34,36-39,45,49-50,52-53H,20,22-25H2,1-8H3,(H,51,56)/b12-11-,30-18-/t27?,33?,34-,36-,37?,38?,39?,45?,47?,64?/m0/s1. The van der Waals surface area contributed by atoms with Gasteiger partial charge in [0.2, 0.25) is 0 Å². The molecule has 0 spiro atoms. The van der Waals surface area contributed by atoms with Crippen molar-refractivity contribution in [2.24, 2.45) is 5.41 Å². The lowest BCUT2D eigenvalue weighted by molar-refractivity contribution is -0.313. The zero-order valence-corrected chi connectivity index (χ0v) is 38.8. The molecule has 0 bridgehead atoms. The SMILES string of the molecule is CC#C/C=C\C#C[C@H](OC1OC(C)C(C)(C(=O)c2nccc3c2[nH]c2ccc(O)cc23)CC1OC1CC(OC)C(NC(C)C)CO1)C1=C(NC(=O)OC)C(=O)C[C@H](O)/C1=C/CS(C)=S. The van der Waals surface area contributed by atoms with Crippen LogP contribution < -0.4 is 10.6 Å². The number of carbonyl (C=O) groups excluding carboxylic acids is 3. The Morgan fingerprint density at radius 1 is 1.17 bits per heavy atom. The smallest absolute Gasteiger partial charge is 0.411 e. The Labute approximate surface area is 380 Å². The molecule has 0 radical (unpaired) electrons. The number of amides is 1. The van der Waals surface area contributed by atoms with Crippen molar-refractivity contribution < 1.29 is 53.0 Å². The lowest BCUT2D eigenvalue weighted by Crippen LogP contribution is -2.57. The zero-order chi connectivity index (χ0) is 46.3. The fraction of sp³-hybridized carbons (Fsp3) is 0.489. The van der Waals surface area contributed by atoms with Crippen LogP contribution in [0.15, 0.2) is 65.5 Å². The Bertz CT molecular complexity index is 2490. The Morgan fingerprint density at radius 3 is 2.64 bits per heavy atom. The van der Waals surface area contributed by atoms with Crippen LogP contribution in [0.3, 0.4) is 0 Å². The third-order valence-electron chi connectivity index (χ3n) is 11.6. The van der Waals surface area contributed by atoms with E-state index in [1.165, 1.54) is 13.2 Å². The van der Waals surface area contributed by atoms with E-state index in [-0.39, 0.29) is 66.1 Å². The number of phenols is 1. The number of benzene rings is 1. The number of alkyl carbamates (subject to hydrolysis) is 1. The molecule has 4 heterocycles. The first kappa shape index (κ1) is 48.7. The lowest BCUT2D eigenvalue weighted by Gasteiger charge is -2.47. The highest BCUT2D eigenvalue weighted by Crippen LogP contribution is 2.44. The molecule has 2 aromatic heterocycles. The minimum Gasteiger partial charge on any atom is -0.508 e. The maximum atomic E-state index is 15.0. The third-order valence-corrected chi connectivity index (χ3v) is 12.6. The van der Waals surface area contributed by atoms with Gasteiger partial charge in [0.1, 0.15) is 23.7 Å². The van der Waals surface area contributed by atoms with Crippen molar-refractivity contribution in [3.8, 4) is 29.4 Å². The molecule has 0 saturated carbocycles. The normalized spacial score (nSPS) is 27.9. The van der Waals surface area contributed by atoms with E-state index in [9.17, 15) is 19.8 Å². The number of rotatable bonds is 13. The number of fused-ring (bicyclic) bond motifs is 3. The summed E-state index contributed by atoms with van der Waals surface area (Å²) in [7, 11) is 2.27. The second-order valence-corrected chi connectivity index (χ2v) is 19.6. The number of H-pyrrole nitrogens is 1. The number of nitrogens with one attached hydrogen (secondary N) is 3. The first-order valence-corrected chi connectivity index (χ1v) is 23.7. The monoisotopic (exact) mass is 916 g/mol. The minimum atomic E-state index is -1.35. The summed E-state index contributed by atoms with van der Waals surface area (Å²) in [5, 5.41) is 29.2. The summed E-state index contributed by atoms with van der Waals surface area (Å²) in [6.07, 6.45) is 0.450. The Balaban J connectivity index is 1.45. The number of phenolic OH excluding ortho intramolecular Hbond substituents is 1. The maximum Gasteiger partial charge on any atom is 0.411 e. The van der Waals surface area contributed by atoms with Gasteiger partial charge < -0.3 is 48.9 Å². The summed E-state index contributed by atoms with van der Waals surface area (Å²) in [5.41, 5.74) is 0.337. The van der Waals surface area contributed by atoms with Crippen molar-refractivity contribution in [2.75, 3.05) is 32.8 Å². The van der Waals surface area contributed by atoms with Gasteiger partial charge >= 0.3 is 6.09 Å². The van der Waals surface area contributed by atoms with E-state index in [0.29, 0.717) is 28.6 Å². The van der Waals surface area contributed by atoms with Gasteiger partial charge in [-0.15, -0.1) is 15.4 Å². The van der Waals surface area contributed by atoms with Crippen LogP contribution in [-0.4, -0.2) is 126 Å². The van der Waals surface area contributed by atoms with Crippen LogP contribution in [-0.2, 0) is 53.9 Å². The van der Waals surface area contributed by atoms with Gasteiger partial charge in [-0.1, -0.05) is 48.9 Å². The van der Waals surface area contributed by atoms with E-state index in [2.05, 4.69) is 44.3 Å². The number of aromatic nitrogens is 2. The molecule has 1 amide bonds. The number of hydrogen-bond donors (Lipinski definition) is 5. The molecule has 2 aliphatic heterocycles. The molecular weight excluding hydrogens is 861 g/mol. The van der Waals surface area contributed by atoms with E-state index in [1.54, 1.807) is 70.5 Å². The van der Waals surface area contributed by atoms with E-state index in [0.717, 1.165) is 10.9 Å². The summed E-state index contributed by atoms with van der Waals surface area (Å²) in [4.78, 5) is 49.5. The van der Waals surface area contributed by atoms with Gasteiger partial charge in [0.05, 0.1) is 54.7 Å². The molecule has 2 saturated heterocycles. The quantitative estimate of drug-likeness (QED) is 0.116. The van der Waals surface area contributed by atoms with Crippen molar-refractivity contribution in [3.05, 3.63) is 71.2 Å². The van der Waals surface area contributed by atoms with Crippen LogP contribution in [0.2, 0.25) is 0 Å². The third kappa shape index (κ3) is 11.0. The van der Waals surface area contributed by atoms with Crippen LogP contribution in [0.5, 0.6) is 5.75 Å². The van der Waals surface area contributed by atoms with Gasteiger partial charge in [0.15, 0.2) is 24.1 Å². The van der Waals surface area contributed by atoms with Gasteiger partial charge in [-0.3, -0.25) is 19.9 Å². The minimum absolute atomic E-state index is 0.0409. The first-order valence-electron chi connectivity index (χ1n) is 21.0. The molecule has 17 heteroatoms. The molecular formula is C47H56N4O11S2. The highest BCUT2D eigenvalue weighted by molar-refractivity contribution is 8.28. The molecule has 15 nitrogen and oxygen atoms in total. The molecule has 1 aromatic carbocycles. The van der Waals surface area contributed by atoms with E-state index in [4.69, 9.17) is 39.6 Å². The maximum absolute atomic E-state index is 15.0. The summed E-state index contributed by atoms with van der Waals surface area (Å²) in [6, 6.07) is 6.76. The van der Waals surface area contributed by atoms with Gasteiger partial charge in [-0.05, 0) is 75.4 Å². The van der Waals surface area contributed by atoms with E-state index < -0.39 is 63.7 Å². The number of hydrogen-bond acceptors (Lipinski definition) is 14. The van der Waals surface area contributed by atoms with Crippen LogP contribution in [0.4, 0.5) is 4.79 Å². The van der Waals surface area contributed by atoms with Gasteiger partial charge in [-0.25, -0.2) is 4.79 Å². The highest BCUT2D eigenvalue weighted by atomic mass is 32.8. The second kappa shape index (κ2) is 21.5. The summed E-state index contributed by atoms with van der Waals surface area (Å²) in [5.74, 6) is 11.1. The number of aliphatic hydroxyl groups excluding tert-OH is 1. The van der Waals surface area contributed by atoms with E-state index in [1.807, 2.05) is 20.1 Å². The summed E-state index contributed by atoms with van der Waals surface area (Å²) in [6.45, 7) is 9.57. The number of ether oxygens (including phenoxy) is 6. The fourth-order valence-electron chi connectivity index (χ4n) is 8.24. The molecule has 5 N–H and O–H groups in total. The van der Waals surface area contributed by atoms with Crippen molar-refractivity contribution in [3.63, 3.8) is 0 Å². The second-order valence-electron chi connectivity index (χ2n) is 16.4. The van der Waals surface area contributed by atoms with Crippen LogP contribution >= 0.6 is 0 Å². The molecule has 8 unspecified atom stereocenters.